The van der Waals surface area contributed by atoms with Gasteiger partial charge in [0.1, 0.15) is 11.3 Å². The summed E-state index contributed by atoms with van der Waals surface area (Å²) in [5, 5.41) is 13.5. The van der Waals surface area contributed by atoms with Crippen LogP contribution in [0.2, 0.25) is 5.02 Å². The minimum absolute atomic E-state index is 0.185. The Kier molecular flexibility index (Phi) is 7.79. The molecule has 0 saturated carbocycles. The van der Waals surface area contributed by atoms with E-state index in [9.17, 15) is 5.11 Å². The van der Waals surface area contributed by atoms with E-state index in [1.54, 1.807) is 0 Å². The molecule has 0 bridgehead atoms. The molecule has 2 aromatic heterocycles. The van der Waals surface area contributed by atoms with Gasteiger partial charge in [-0.3, -0.25) is 0 Å². The largest absolute Gasteiger partial charge is 0.396 e. The van der Waals surface area contributed by atoms with Crippen LogP contribution < -0.4 is 10.2 Å². The maximum Gasteiger partial charge on any atom is 0.208 e. The topological polar surface area (TPSA) is 66.2 Å². The number of fused-ring (bicyclic) bond motifs is 1. The Hall–Kier alpha value is -2.31. The number of aliphatic hydroxyl groups is 1. The molecule has 0 unspecified atom stereocenters. The standard InChI is InChI=1S/C24H34ClN5O/c1-6-17(7-2)18-10-11-19(25)22-23(18)30(12-8-9-13-31)24(28-22)27-20-15-26-21(29(4)5)14-16(20)3/h10-11,14-15,17,31H,6-9,12-13H2,1-5H3,(H,27,28). The molecule has 7 heteroatoms. The van der Waals surface area contributed by atoms with E-state index in [0.29, 0.717) is 10.9 Å². The summed E-state index contributed by atoms with van der Waals surface area (Å²) in [6.45, 7) is 7.46. The first-order chi connectivity index (χ1) is 14.9. The fraction of sp³-hybridized carbons (Fsp3) is 0.500. The predicted octanol–water partition coefficient (Wildman–Crippen LogP) is 5.88. The second-order valence-electron chi connectivity index (χ2n) is 8.24. The fourth-order valence-electron chi connectivity index (χ4n) is 4.02. The van der Waals surface area contributed by atoms with Gasteiger partial charge in [-0.25, -0.2) is 9.97 Å². The SMILES string of the molecule is CCC(CC)c1ccc(Cl)c2nc(Nc3cnc(N(C)C)cc3C)n(CCCCO)c12. The van der Waals surface area contributed by atoms with Crippen LogP contribution in [0.4, 0.5) is 17.5 Å². The van der Waals surface area contributed by atoms with Crippen molar-refractivity contribution in [2.75, 3.05) is 30.9 Å². The third kappa shape index (κ3) is 4.96. The second-order valence-corrected chi connectivity index (χ2v) is 8.65. The van der Waals surface area contributed by atoms with Gasteiger partial charge in [0, 0.05) is 27.2 Å². The Morgan fingerprint density at radius 2 is 1.94 bits per heavy atom. The van der Waals surface area contributed by atoms with Gasteiger partial charge in [0.2, 0.25) is 5.95 Å². The second kappa shape index (κ2) is 10.3. The third-order valence-corrected chi connectivity index (χ3v) is 6.20. The van der Waals surface area contributed by atoms with Gasteiger partial charge < -0.3 is 19.9 Å². The number of hydrogen-bond donors (Lipinski definition) is 2. The fourth-order valence-corrected chi connectivity index (χ4v) is 4.22. The molecule has 3 rings (SSSR count). The van der Waals surface area contributed by atoms with Gasteiger partial charge >= 0.3 is 0 Å². The molecular formula is C24H34ClN5O. The monoisotopic (exact) mass is 443 g/mol. The summed E-state index contributed by atoms with van der Waals surface area (Å²) in [5.41, 5.74) is 5.22. The zero-order chi connectivity index (χ0) is 22.5. The van der Waals surface area contributed by atoms with Crippen LogP contribution in [-0.2, 0) is 6.54 Å². The minimum Gasteiger partial charge on any atom is -0.396 e. The molecule has 0 atom stereocenters. The first-order valence-corrected chi connectivity index (χ1v) is 11.5. The molecule has 2 heterocycles. The molecule has 3 aromatic rings. The van der Waals surface area contributed by atoms with Crippen molar-refractivity contribution < 1.29 is 5.11 Å². The normalized spacial score (nSPS) is 11.5. The minimum atomic E-state index is 0.185. The van der Waals surface area contributed by atoms with E-state index >= 15 is 0 Å². The highest BCUT2D eigenvalue weighted by atomic mass is 35.5. The zero-order valence-electron chi connectivity index (χ0n) is 19.2. The van der Waals surface area contributed by atoms with E-state index < -0.39 is 0 Å². The van der Waals surface area contributed by atoms with Crippen molar-refractivity contribution in [2.24, 2.45) is 0 Å². The molecule has 0 aliphatic heterocycles. The van der Waals surface area contributed by atoms with Crippen LogP contribution in [0.5, 0.6) is 0 Å². The number of aryl methyl sites for hydroxylation is 2. The van der Waals surface area contributed by atoms with E-state index in [2.05, 4.69) is 47.8 Å². The smallest absolute Gasteiger partial charge is 0.208 e. The number of benzene rings is 1. The van der Waals surface area contributed by atoms with E-state index in [0.717, 1.165) is 66.3 Å². The lowest BCUT2D eigenvalue weighted by molar-refractivity contribution is 0.281. The summed E-state index contributed by atoms with van der Waals surface area (Å²) in [6.07, 6.45) is 5.59. The van der Waals surface area contributed by atoms with Crippen molar-refractivity contribution in [3.63, 3.8) is 0 Å². The molecule has 0 spiro atoms. The van der Waals surface area contributed by atoms with Crippen molar-refractivity contribution in [3.05, 3.63) is 40.5 Å². The van der Waals surface area contributed by atoms with Gasteiger partial charge in [-0.05, 0) is 61.8 Å². The predicted molar refractivity (Wildman–Crippen MR) is 131 cm³/mol. The summed E-state index contributed by atoms with van der Waals surface area (Å²) in [5.74, 6) is 2.12. The van der Waals surface area contributed by atoms with Crippen LogP contribution in [0.3, 0.4) is 0 Å². The van der Waals surface area contributed by atoms with Crippen molar-refractivity contribution in [2.45, 2.75) is 58.9 Å². The van der Waals surface area contributed by atoms with Gasteiger partial charge in [0.05, 0.1) is 22.4 Å². The number of halogens is 1. The summed E-state index contributed by atoms with van der Waals surface area (Å²) < 4.78 is 2.23. The Morgan fingerprint density at radius 3 is 2.55 bits per heavy atom. The van der Waals surface area contributed by atoms with Gasteiger partial charge in [-0.15, -0.1) is 0 Å². The van der Waals surface area contributed by atoms with Gasteiger partial charge in [-0.1, -0.05) is 31.5 Å². The van der Waals surface area contributed by atoms with E-state index in [1.807, 2.05) is 31.3 Å². The number of nitrogens with zero attached hydrogens (tertiary/aromatic N) is 4. The Labute approximate surface area is 190 Å². The van der Waals surface area contributed by atoms with Crippen LogP contribution >= 0.6 is 11.6 Å². The van der Waals surface area contributed by atoms with Crippen LogP contribution in [0.25, 0.3) is 11.0 Å². The molecule has 0 aliphatic rings. The number of anilines is 3. The van der Waals surface area contributed by atoms with E-state index in [1.165, 1.54) is 5.56 Å². The highest BCUT2D eigenvalue weighted by Crippen LogP contribution is 2.36. The number of imidazole rings is 1. The quantitative estimate of drug-likeness (QED) is 0.383. The summed E-state index contributed by atoms with van der Waals surface area (Å²) in [7, 11) is 3.97. The lowest BCUT2D eigenvalue weighted by atomic mass is 9.93. The number of rotatable bonds is 10. The lowest BCUT2D eigenvalue weighted by Gasteiger charge is -2.18. The van der Waals surface area contributed by atoms with Gasteiger partial charge in [0.25, 0.3) is 0 Å². The molecule has 168 valence electrons. The van der Waals surface area contributed by atoms with Crippen LogP contribution in [0.1, 0.15) is 56.6 Å². The van der Waals surface area contributed by atoms with E-state index in [-0.39, 0.29) is 6.61 Å². The van der Waals surface area contributed by atoms with Crippen LogP contribution in [0.15, 0.2) is 24.4 Å². The Bertz CT molecular complexity index is 1030. The van der Waals surface area contributed by atoms with E-state index in [4.69, 9.17) is 16.6 Å². The number of aliphatic hydroxyl groups excluding tert-OH is 1. The number of hydrogen-bond acceptors (Lipinski definition) is 5. The van der Waals surface area contributed by atoms with Gasteiger partial charge in [0.15, 0.2) is 0 Å². The maximum atomic E-state index is 9.31. The number of pyridine rings is 1. The molecular weight excluding hydrogens is 410 g/mol. The number of unbranched alkanes of at least 4 members (excludes halogenated alkanes) is 1. The summed E-state index contributed by atoms with van der Waals surface area (Å²) in [4.78, 5) is 11.5. The molecule has 6 nitrogen and oxygen atoms in total. The molecule has 31 heavy (non-hydrogen) atoms. The average Bonchev–Trinajstić information content (AvgIpc) is 3.11. The Morgan fingerprint density at radius 1 is 1.19 bits per heavy atom. The van der Waals surface area contributed by atoms with Crippen molar-refractivity contribution in [1.82, 2.24) is 14.5 Å². The molecule has 1 aromatic carbocycles. The number of nitrogens with one attached hydrogen (secondary N) is 1. The summed E-state index contributed by atoms with van der Waals surface area (Å²) in [6, 6.07) is 6.17. The van der Waals surface area contributed by atoms with Crippen LogP contribution in [0, 0.1) is 6.92 Å². The van der Waals surface area contributed by atoms with Crippen LogP contribution in [-0.4, -0.2) is 40.3 Å². The highest BCUT2D eigenvalue weighted by molar-refractivity contribution is 6.35. The first-order valence-electron chi connectivity index (χ1n) is 11.1. The van der Waals surface area contributed by atoms with Crippen molar-refractivity contribution >= 4 is 40.1 Å². The number of aromatic nitrogens is 3. The molecule has 0 radical (unpaired) electrons. The van der Waals surface area contributed by atoms with Crippen molar-refractivity contribution in [3.8, 4) is 0 Å². The molecule has 0 fully saturated rings. The molecule has 0 amide bonds. The lowest BCUT2D eigenvalue weighted by Crippen LogP contribution is -2.12. The average molecular weight is 444 g/mol. The van der Waals surface area contributed by atoms with Gasteiger partial charge in [-0.2, -0.15) is 0 Å². The summed E-state index contributed by atoms with van der Waals surface area (Å²) >= 11 is 6.60. The zero-order valence-corrected chi connectivity index (χ0v) is 20.0. The molecule has 2 N–H and O–H groups in total. The highest BCUT2D eigenvalue weighted by Gasteiger charge is 2.21. The third-order valence-electron chi connectivity index (χ3n) is 5.89. The molecule has 0 aliphatic carbocycles. The Balaban J connectivity index is 2.13. The van der Waals surface area contributed by atoms with Crippen molar-refractivity contribution in [1.29, 1.82) is 0 Å². The molecule has 0 saturated heterocycles. The first kappa shape index (κ1) is 23.4. The maximum absolute atomic E-state index is 9.31.